The van der Waals surface area contributed by atoms with Crippen molar-refractivity contribution in [3.8, 4) is 5.75 Å². The summed E-state index contributed by atoms with van der Waals surface area (Å²) in [6.45, 7) is 0.0402. The maximum atomic E-state index is 14.0. The first-order valence-corrected chi connectivity index (χ1v) is 11.9. The van der Waals surface area contributed by atoms with Gasteiger partial charge in [0.2, 0.25) is 10.0 Å². The van der Waals surface area contributed by atoms with E-state index in [9.17, 15) is 17.6 Å². The monoisotopic (exact) mass is 498 g/mol. The Kier molecular flexibility index (Phi) is 7.15. The molecular formula is C21H24BrFN2O4S. The zero-order chi connectivity index (χ0) is 21.9. The van der Waals surface area contributed by atoms with E-state index in [1.807, 2.05) is 0 Å². The molecule has 1 saturated carbocycles. The van der Waals surface area contributed by atoms with Gasteiger partial charge in [0.15, 0.2) is 0 Å². The van der Waals surface area contributed by atoms with Gasteiger partial charge in [-0.05, 0) is 49.2 Å². The molecule has 2 aromatic carbocycles. The Balaban J connectivity index is 1.85. The number of carbonyl (C=O) groups is 1. The molecule has 1 N–H and O–H groups in total. The van der Waals surface area contributed by atoms with Crippen molar-refractivity contribution in [1.82, 2.24) is 9.62 Å². The van der Waals surface area contributed by atoms with E-state index in [0.29, 0.717) is 10.0 Å². The Hall–Kier alpha value is -1.97. The van der Waals surface area contributed by atoms with Gasteiger partial charge in [-0.25, -0.2) is 17.5 Å². The van der Waals surface area contributed by atoms with Crippen LogP contribution in [0.25, 0.3) is 0 Å². The summed E-state index contributed by atoms with van der Waals surface area (Å²) in [5, 5.41) is 0. The second kappa shape index (κ2) is 9.45. The van der Waals surface area contributed by atoms with E-state index >= 15 is 0 Å². The molecule has 0 saturated heterocycles. The molecule has 1 amide bonds. The fraction of sp³-hybridized carbons (Fsp3) is 0.381. The predicted octanol–water partition coefficient (Wildman–Crippen LogP) is 4.09. The maximum absolute atomic E-state index is 14.0. The van der Waals surface area contributed by atoms with E-state index in [-0.39, 0.29) is 28.8 Å². The quantitative estimate of drug-likeness (QED) is 0.623. The van der Waals surface area contributed by atoms with Gasteiger partial charge in [-0.1, -0.05) is 28.8 Å². The summed E-state index contributed by atoms with van der Waals surface area (Å²) in [5.74, 6) is -0.677. The van der Waals surface area contributed by atoms with E-state index in [0.717, 1.165) is 25.7 Å². The number of ether oxygens (including phenoxy) is 1. The number of nitrogens with zero attached hydrogens (tertiary/aromatic N) is 1. The third-order valence-corrected chi connectivity index (χ3v) is 7.17. The normalized spacial score (nSPS) is 14.7. The lowest BCUT2D eigenvalue weighted by Gasteiger charge is -2.20. The minimum atomic E-state index is -3.85. The van der Waals surface area contributed by atoms with E-state index in [1.165, 1.54) is 43.3 Å². The third kappa shape index (κ3) is 5.19. The number of nitrogens with one attached hydrogen (secondary N) is 1. The van der Waals surface area contributed by atoms with Crippen LogP contribution in [0.2, 0.25) is 0 Å². The van der Waals surface area contributed by atoms with Crippen LogP contribution in [0.5, 0.6) is 5.75 Å². The Morgan fingerprint density at radius 2 is 1.93 bits per heavy atom. The average Bonchev–Trinajstić information content (AvgIpc) is 3.22. The van der Waals surface area contributed by atoms with Crippen molar-refractivity contribution in [3.05, 3.63) is 57.8 Å². The predicted molar refractivity (Wildman–Crippen MR) is 115 cm³/mol. The van der Waals surface area contributed by atoms with E-state index in [4.69, 9.17) is 4.74 Å². The largest absolute Gasteiger partial charge is 0.495 e. The van der Waals surface area contributed by atoms with Crippen molar-refractivity contribution in [2.24, 2.45) is 0 Å². The number of rotatable bonds is 7. The highest BCUT2D eigenvalue weighted by Gasteiger charge is 2.27. The minimum Gasteiger partial charge on any atom is -0.495 e. The van der Waals surface area contributed by atoms with Gasteiger partial charge in [0.25, 0.3) is 5.91 Å². The topological polar surface area (TPSA) is 75.7 Å². The molecule has 30 heavy (non-hydrogen) atoms. The Bertz CT molecular complexity index is 1040. The minimum absolute atomic E-state index is 0.0402. The van der Waals surface area contributed by atoms with Crippen LogP contribution in [0.4, 0.5) is 4.39 Å². The second-order valence-corrected chi connectivity index (χ2v) is 9.96. The molecule has 2 aromatic rings. The van der Waals surface area contributed by atoms with Crippen LogP contribution in [-0.2, 0) is 16.6 Å². The van der Waals surface area contributed by atoms with Gasteiger partial charge in [0.05, 0.1) is 7.11 Å². The van der Waals surface area contributed by atoms with Crippen LogP contribution in [0.1, 0.15) is 41.6 Å². The molecule has 0 aromatic heterocycles. The molecule has 6 nitrogen and oxygen atoms in total. The molecule has 0 spiro atoms. The van der Waals surface area contributed by atoms with Crippen molar-refractivity contribution in [2.45, 2.75) is 43.2 Å². The van der Waals surface area contributed by atoms with E-state index in [1.54, 1.807) is 12.1 Å². The van der Waals surface area contributed by atoms with Crippen LogP contribution in [0.3, 0.4) is 0 Å². The highest BCUT2D eigenvalue weighted by molar-refractivity contribution is 9.10. The number of amides is 1. The summed E-state index contributed by atoms with van der Waals surface area (Å²) >= 11 is 3.29. The summed E-state index contributed by atoms with van der Waals surface area (Å²) in [7, 11) is -0.929. The lowest BCUT2D eigenvalue weighted by atomic mass is 10.1. The first-order chi connectivity index (χ1) is 14.2. The zero-order valence-electron chi connectivity index (χ0n) is 16.8. The lowest BCUT2D eigenvalue weighted by Crippen LogP contribution is -2.33. The smallest absolute Gasteiger partial charge is 0.253 e. The molecule has 1 aliphatic rings. The molecule has 0 aliphatic heterocycles. The molecule has 3 rings (SSSR count). The number of benzene rings is 2. The maximum Gasteiger partial charge on any atom is 0.253 e. The van der Waals surface area contributed by atoms with Crippen molar-refractivity contribution >= 4 is 31.9 Å². The van der Waals surface area contributed by atoms with Crippen molar-refractivity contribution in [3.63, 3.8) is 0 Å². The van der Waals surface area contributed by atoms with Crippen LogP contribution >= 0.6 is 15.9 Å². The van der Waals surface area contributed by atoms with Gasteiger partial charge >= 0.3 is 0 Å². The number of hydrogen-bond acceptors (Lipinski definition) is 4. The fourth-order valence-corrected chi connectivity index (χ4v) is 5.47. The van der Waals surface area contributed by atoms with Gasteiger partial charge in [-0.2, -0.15) is 0 Å². The SMILES string of the molecule is COc1ccc(C(=O)N(C)Cc2cc(Br)ccc2F)cc1S(=O)(=O)NC1CCCC1. The molecule has 0 unspecified atom stereocenters. The second-order valence-electron chi connectivity index (χ2n) is 7.37. The summed E-state index contributed by atoms with van der Waals surface area (Å²) in [6, 6.07) is 8.68. The third-order valence-electron chi connectivity index (χ3n) is 5.14. The molecule has 0 bridgehead atoms. The Morgan fingerprint density at radius 3 is 2.60 bits per heavy atom. The first kappa shape index (κ1) is 22.7. The summed E-state index contributed by atoms with van der Waals surface area (Å²) in [4.78, 5) is 14.2. The van der Waals surface area contributed by atoms with Crippen LogP contribution < -0.4 is 9.46 Å². The van der Waals surface area contributed by atoms with Crippen LogP contribution in [-0.4, -0.2) is 39.4 Å². The van der Waals surface area contributed by atoms with E-state index < -0.39 is 21.7 Å². The number of methoxy groups -OCH3 is 1. The first-order valence-electron chi connectivity index (χ1n) is 9.61. The van der Waals surface area contributed by atoms with Crippen LogP contribution in [0, 0.1) is 5.82 Å². The number of sulfonamides is 1. The number of carbonyl (C=O) groups excluding carboxylic acids is 1. The number of halogens is 2. The Labute approximate surface area is 184 Å². The molecule has 9 heteroatoms. The standard InChI is InChI=1S/C21H24BrFN2O4S/c1-25(13-15-11-16(22)8-9-18(15)23)21(26)14-7-10-19(29-2)20(12-14)30(27,28)24-17-5-3-4-6-17/h7-12,17,24H,3-6,13H2,1-2H3. The van der Waals surface area contributed by atoms with Crippen molar-refractivity contribution in [1.29, 1.82) is 0 Å². The zero-order valence-corrected chi connectivity index (χ0v) is 19.2. The summed E-state index contributed by atoms with van der Waals surface area (Å²) in [5.41, 5.74) is 0.532. The fourth-order valence-electron chi connectivity index (χ4n) is 3.56. The molecule has 0 heterocycles. The van der Waals surface area contributed by atoms with Crippen molar-refractivity contribution in [2.75, 3.05) is 14.2 Å². The van der Waals surface area contributed by atoms with Gasteiger partial charge < -0.3 is 9.64 Å². The summed E-state index contributed by atoms with van der Waals surface area (Å²) < 4.78 is 48.5. The van der Waals surface area contributed by atoms with Crippen LogP contribution in [0.15, 0.2) is 45.8 Å². The van der Waals surface area contributed by atoms with Gasteiger partial charge in [-0.15, -0.1) is 0 Å². The molecule has 0 atom stereocenters. The highest BCUT2D eigenvalue weighted by Crippen LogP contribution is 2.28. The summed E-state index contributed by atoms with van der Waals surface area (Å²) in [6.07, 6.45) is 3.56. The van der Waals surface area contributed by atoms with Crippen molar-refractivity contribution < 1.29 is 22.3 Å². The molecule has 1 aliphatic carbocycles. The Morgan fingerprint density at radius 1 is 1.23 bits per heavy atom. The number of hydrogen-bond donors (Lipinski definition) is 1. The van der Waals surface area contributed by atoms with Gasteiger partial charge in [0, 0.05) is 35.2 Å². The van der Waals surface area contributed by atoms with Gasteiger partial charge in [-0.3, -0.25) is 4.79 Å². The highest BCUT2D eigenvalue weighted by atomic mass is 79.9. The van der Waals surface area contributed by atoms with Gasteiger partial charge in [0.1, 0.15) is 16.5 Å². The lowest BCUT2D eigenvalue weighted by molar-refractivity contribution is 0.0783. The molecule has 1 fully saturated rings. The molecule has 162 valence electrons. The molecule has 0 radical (unpaired) electrons. The average molecular weight is 499 g/mol. The molecular weight excluding hydrogens is 475 g/mol. The van der Waals surface area contributed by atoms with E-state index in [2.05, 4.69) is 20.7 Å².